The summed E-state index contributed by atoms with van der Waals surface area (Å²) >= 11 is 0. The third-order valence-corrected chi connectivity index (χ3v) is 13.8. The molecule has 0 unspecified atom stereocenters. The molecule has 0 fully saturated rings. The van der Waals surface area contributed by atoms with E-state index in [4.69, 9.17) is 4.42 Å². The highest BCUT2D eigenvalue weighted by Gasteiger charge is 2.50. The van der Waals surface area contributed by atoms with Crippen LogP contribution in [0.5, 0.6) is 0 Å². The fraction of sp³-hybridized carbons (Fsp3) is 0.0169. The lowest BCUT2D eigenvalue weighted by atomic mass is 9.63. The predicted molar refractivity (Wildman–Crippen MR) is 257 cm³/mol. The molecule has 0 aliphatic heterocycles. The molecule has 62 heavy (non-hydrogen) atoms. The van der Waals surface area contributed by atoms with Gasteiger partial charge in [0.25, 0.3) is 0 Å². The third kappa shape index (κ3) is 4.34. The number of rotatable bonds is 5. The molecule has 10 aromatic carbocycles. The lowest BCUT2D eigenvalue weighted by Crippen LogP contribution is -2.30. The largest absolute Gasteiger partial charge is 0.456 e. The van der Waals surface area contributed by atoms with Gasteiger partial charge < -0.3 is 13.9 Å². The molecule has 12 aromatic rings. The summed E-state index contributed by atoms with van der Waals surface area (Å²) in [5.74, 6) is 0. The van der Waals surface area contributed by atoms with Gasteiger partial charge in [-0.2, -0.15) is 0 Å². The van der Waals surface area contributed by atoms with Crippen LogP contribution < -0.4 is 4.90 Å². The Morgan fingerprint density at radius 1 is 0.371 bits per heavy atom. The second kappa shape index (κ2) is 12.4. The van der Waals surface area contributed by atoms with E-state index in [2.05, 4.69) is 222 Å². The van der Waals surface area contributed by atoms with Gasteiger partial charge in [0, 0.05) is 44.0 Å². The number of benzene rings is 10. The Balaban J connectivity index is 1.15. The lowest BCUT2D eigenvalue weighted by Gasteiger charge is -2.38. The molecule has 2 aliphatic carbocycles. The minimum atomic E-state index is -0.531. The molecule has 0 atom stereocenters. The first-order valence-electron chi connectivity index (χ1n) is 21.4. The van der Waals surface area contributed by atoms with Crippen molar-refractivity contribution in [1.29, 1.82) is 0 Å². The number of hydrogen-bond acceptors (Lipinski definition) is 2. The van der Waals surface area contributed by atoms with Crippen molar-refractivity contribution in [2.75, 3.05) is 4.90 Å². The third-order valence-electron chi connectivity index (χ3n) is 13.8. The van der Waals surface area contributed by atoms with Crippen molar-refractivity contribution in [2.45, 2.75) is 5.41 Å². The molecule has 2 aliphatic rings. The van der Waals surface area contributed by atoms with E-state index < -0.39 is 5.41 Å². The van der Waals surface area contributed by atoms with E-state index >= 15 is 0 Å². The smallest absolute Gasteiger partial charge is 0.135 e. The maximum atomic E-state index is 6.38. The molecule has 0 radical (unpaired) electrons. The molecule has 2 aromatic heterocycles. The van der Waals surface area contributed by atoms with Crippen LogP contribution in [0.1, 0.15) is 22.3 Å². The van der Waals surface area contributed by atoms with Gasteiger partial charge in [-0.1, -0.05) is 158 Å². The molecule has 3 nitrogen and oxygen atoms in total. The van der Waals surface area contributed by atoms with Gasteiger partial charge in [-0.3, -0.25) is 0 Å². The summed E-state index contributed by atoms with van der Waals surface area (Å²) in [6.45, 7) is 0. The first-order chi connectivity index (χ1) is 30.8. The molecule has 2 heterocycles. The average Bonchev–Trinajstić information content (AvgIpc) is 3.98. The monoisotopic (exact) mass is 788 g/mol. The van der Waals surface area contributed by atoms with E-state index in [1.54, 1.807) is 0 Å². The molecule has 1 spiro atoms. The number of anilines is 3. The van der Waals surface area contributed by atoms with Gasteiger partial charge in [-0.25, -0.2) is 0 Å². The van der Waals surface area contributed by atoms with Crippen LogP contribution in [0.2, 0.25) is 0 Å². The standard InChI is InChI=1S/C59H36N2O/c1-3-15-37(16-4-1)38-29-31-40(32-30-38)60(39-17-5-2-6-18-39)52-36-53-58-56-45(52)22-13-25-49(56)59(47-23-10-7-19-42(47)43-20-8-11-24-48(43)59)50-26-14-27-51(57(50)58)61(53)41-33-34-55-46(35-41)44-21-9-12-28-54(44)62-55/h1-36H. The number of hydrogen-bond donors (Lipinski definition) is 0. The second-order valence-electron chi connectivity index (χ2n) is 16.8. The predicted octanol–water partition coefficient (Wildman–Crippen LogP) is 15.6. The van der Waals surface area contributed by atoms with Gasteiger partial charge in [-0.15, -0.1) is 0 Å². The van der Waals surface area contributed by atoms with Gasteiger partial charge in [0.2, 0.25) is 0 Å². The molecule has 0 N–H and O–H groups in total. The SMILES string of the molecule is c1ccc(-c2ccc(N(c3ccccc3)c3cc4c5c6c(cccc36)C3(c6ccccc6-c6ccccc63)c3cccc(c35)n4-c3ccc4oc5ccccc5c4c3)cc2)cc1. The minimum absolute atomic E-state index is 0.531. The Bertz CT molecular complexity index is 3760. The van der Waals surface area contributed by atoms with Crippen molar-refractivity contribution < 1.29 is 4.42 Å². The molecular formula is C59H36N2O. The highest BCUT2D eigenvalue weighted by molar-refractivity contribution is 6.29. The normalized spacial score (nSPS) is 13.3. The highest BCUT2D eigenvalue weighted by atomic mass is 16.3. The van der Waals surface area contributed by atoms with Crippen LogP contribution in [0.15, 0.2) is 223 Å². The van der Waals surface area contributed by atoms with Crippen molar-refractivity contribution in [1.82, 2.24) is 4.57 Å². The number of fused-ring (bicyclic) bond motifs is 10. The van der Waals surface area contributed by atoms with E-state index in [1.807, 2.05) is 6.07 Å². The van der Waals surface area contributed by atoms with Crippen LogP contribution in [0.25, 0.3) is 82.5 Å². The fourth-order valence-corrected chi connectivity index (χ4v) is 11.3. The van der Waals surface area contributed by atoms with Crippen molar-refractivity contribution >= 4 is 71.6 Å². The van der Waals surface area contributed by atoms with Crippen LogP contribution in [0, 0.1) is 0 Å². The van der Waals surface area contributed by atoms with Gasteiger partial charge in [0.15, 0.2) is 0 Å². The highest BCUT2D eigenvalue weighted by Crippen LogP contribution is 2.63. The van der Waals surface area contributed by atoms with Crippen LogP contribution in [0.4, 0.5) is 17.1 Å². The fourth-order valence-electron chi connectivity index (χ4n) is 11.3. The van der Waals surface area contributed by atoms with Gasteiger partial charge >= 0.3 is 0 Å². The second-order valence-corrected chi connectivity index (χ2v) is 16.8. The summed E-state index contributed by atoms with van der Waals surface area (Å²) in [5, 5.41) is 7.35. The average molecular weight is 789 g/mol. The van der Waals surface area contributed by atoms with Crippen molar-refractivity contribution in [3.63, 3.8) is 0 Å². The minimum Gasteiger partial charge on any atom is -0.456 e. The van der Waals surface area contributed by atoms with Crippen LogP contribution >= 0.6 is 0 Å². The van der Waals surface area contributed by atoms with Crippen molar-refractivity contribution in [2.24, 2.45) is 0 Å². The van der Waals surface area contributed by atoms with E-state index in [-0.39, 0.29) is 0 Å². The van der Waals surface area contributed by atoms with E-state index in [0.29, 0.717) is 0 Å². The Morgan fingerprint density at radius 2 is 0.952 bits per heavy atom. The Hall–Kier alpha value is -8.14. The zero-order valence-corrected chi connectivity index (χ0v) is 33.6. The van der Waals surface area contributed by atoms with Crippen LogP contribution in [-0.2, 0) is 5.41 Å². The molecule has 0 saturated heterocycles. The van der Waals surface area contributed by atoms with Crippen LogP contribution in [-0.4, -0.2) is 4.57 Å². The number of aromatic nitrogens is 1. The van der Waals surface area contributed by atoms with E-state index in [0.717, 1.165) is 44.7 Å². The van der Waals surface area contributed by atoms with E-state index in [1.165, 1.54) is 77.1 Å². The molecule has 0 saturated carbocycles. The van der Waals surface area contributed by atoms with Gasteiger partial charge in [-0.05, 0) is 111 Å². The summed E-state index contributed by atoms with van der Waals surface area (Å²) in [6.07, 6.45) is 0. The summed E-state index contributed by atoms with van der Waals surface area (Å²) in [6, 6.07) is 80.3. The first kappa shape index (κ1) is 33.7. The molecule has 14 rings (SSSR count). The van der Waals surface area contributed by atoms with Gasteiger partial charge in [0.1, 0.15) is 11.2 Å². The molecule has 288 valence electrons. The number of nitrogens with zero attached hydrogens (tertiary/aromatic N) is 2. The van der Waals surface area contributed by atoms with Gasteiger partial charge in [0.05, 0.1) is 22.1 Å². The summed E-state index contributed by atoms with van der Waals surface area (Å²) in [4.78, 5) is 2.46. The number of furan rings is 1. The molecule has 0 amide bonds. The lowest BCUT2D eigenvalue weighted by molar-refractivity contribution is 0.669. The molecular weight excluding hydrogens is 753 g/mol. The molecule has 3 heteroatoms. The van der Waals surface area contributed by atoms with Crippen molar-refractivity contribution in [3.05, 3.63) is 241 Å². The first-order valence-corrected chi connectivity index (χ1v) is 21.4. The zero-order chi connectivity index (χ0) is 40.5. The summed E-state index contributed by atoms with van der Waals surface area (Å²) < 4.78 is 8.90. The Morgan fingerprint density at radius 3 is 1.73 bits per heavy atom. The van der Waals surface area contributed by atoms with Crippen molar-refractivity contribution in [3.8, 4) is 27.9 Å². The van der Waals surface area contributed by atoms with E-state index in [9.17, 15) is 0 Å². The quantitative estimate of drug-likeness (QED) is 0.173. The Kier molecular flexibility index (Phi) is 6.76. The Labute approximate surface area is 358 Å². The molecule has 0 bridgehead atoms. The zero-order valence-electron chi connectivity index (χ0n) is 33.6. The van der Waals surface area contributed by atoms with Crippen LogP contribution in [0.3, 0.4) is 0 Å². The topological polar surface area (TPSA) is 21.3 Å². The summed E-state index contributed by atoms with van der Waals surface area (Å²) in [7, 11) is 0. The number of para-hydroxylation sites is 2. The summed E-state index contributed by atoms with van der Waals surface area (Å²) in [5.41, 5.74) is 18.4. The maximum Gasteiger partial charge on any atom is 0.135 e. The maximum absolute atomic E-state index is 6.38.